The maximum atomic E-state index is 13.4. The van der Waals surface area contributed by atoms with E-state index in [1.807, 2.05) is 51.1 Å². The fourth-order valence-electron chi connectivity index (χ4n) is 3.57. The Kier molecular flexibility index (Phi) is 6.45. The zero-order valence-electron chi connectivity index (χ0n) is 18.3. The minimum absolute atomic E-state index is 0.0133. The summed E-state index contributed by atoms with van der Waals surface area (Å²) < 4.78 is 11.9. The highest BCUT2D eigenvalue weighted by Crippen LogP contribution is 2.33. The molecule has 0 saturated carbocycles. The minimum atomic E-state index is -0.455. The van der Waals surface area contributed by atoms with Gasteiger partial charge >= 0.3 is 0 Å². The quantitative estimate of drug-likeness (QED) is 0.343. The molecule has 3 aromatic carbocycles. The third-order valence-corrected chi connectivity index (χ3v) is 5.88. The van der Waals surface area contributed by atoms with E-state index in [1.165, 1.54) is 6.07 Å². The molecule has 0 radical (unpaired) electrons. The molecule has 1 amide bonds. The van der Waals surface area contributed by atoms with Crippen molar-refractivity contribution in [2.45, 2.75) is 20.8 Å². The number of hydrogen-bond acceptors (Lipinski definition) is 4. The van der Waals surface area contributed by atoms with Crippen molar-refractivity contribution in [2.24, 2.45) is 0 Å². The van der Waals surface area contributed by atoms with E-state index in [-0.39, 0.29) is 23.5 Å². The fourth-order valence-corrected chi connectivity index (χ4v) is 3.87. The molecule has 0 aliphatic rings. The van der Waals surface area contributed by atoms with Crippen LogP contribution in [0.4, 0.5) is 5.69 Å². The van der Waals surface area contributed by atoms with E-state index in [1.54, 1.807) is 18.2 Å². The van der Waals surface area contributed by atoms with Crippen LogP contribution in [0.25, 0.3) is 22.3 Å². The smallest absolute Gasteiger partial charge is 0.262 e. The molecule has 0 saturated heterocycles. The van der Waals surface area contributed by atoms with Gasteiger partial charge < -0.3 is 14.5 Å². The van der Waals surface area contributed by atoms with Crippen molar-refractivity contribution >= 4 is 45.8 Å². The second-order valence-corrected chi connectivity index (χ2v) is 8.69. The first-order valence-electron chi connectivity index (χ1n) is 10.3. The number of amides is 1. The van der Waals surface area contributed by atoms with Crippen molar-refractivity contribution in [3.8, 4) is 17.1 Å². The summed E-state index contributed by atoms with van der Waals surface area (Å²) in [6.45, 7) is 5.38. The van der Waals surface area contributed by atoms with Crippen LogP contribution in [0, 0.1) is 20.8 Å². The predicted molar refractivity (Wildman–Crippen MR) is 133 cm³/mol. The van der Waals surface area contributed by atoms with Gasteiger partial charge in [0.2, 0.25) is 11.2 Å². The van der Waals surface area contributed by atoms with Crippen molar-refractivity contribution in [1.82, 2.24) is 0 Å². The Morgan fingerprint density at radius 1 is 0.939 bits per heavy atom. The zero-order valence-corrected chi connectivity index (χ0v) is 19.8. The van der Waals surface area contributed by atoms with Crippen LogP contribution >= 0.6 is 23.2 Å². The first-order chi connectivity index (χ1) is 15.7. The Bertz CT molecular complexity index is 1430. The number of hydrogen-bond donors (Lipinski definition) is 1. The maximum absolute atomic E-state index is 13.4. The van der Waals surface area contributed by atoms with Crippen LogP contribution in [0.15, 0.2) is 63.8 Å². The summed E-state index contributed by atoms with van der Waals surface area (Å²) >= 11 is 11.9. The van der Waals surface area contributed by atoms with Crippen LogP contribution in [0.5, 0.6) is 5.75 Å². The first kappa shape index (κ1) is 22.9. The number of nitrogens with one attached hydrogen (secondary N) is 1. The van der Waals surface area contributed by atoms with Crippen molar-refractivity contribution in [1.29, 1.82) is 0 Å². The summed E-state index contributed by atoms with van der Waals surface area (Å²) in [5.41, 5.74) is 4.15. The average molecular weight is 482 g/mol. The summed E-state index contributed by atoms with van der Waals surface area (Å²) in [6, 6.07) is 16.0. The van der Waals surface area contributed by atoms with Crippen LogP contribution in [0.2, 0.25) is 10.0 Å². The normalized spacial score (nSPS) is 10.9. The Hall–Kier alpha value is -3.28. The lowest BCUT2D eigenvalue weighted by Crippen LogP contribution is -2.22. The summed E-state index contributed by atoms with van der Waals surface area (Å²) in [4.78, 5) is 25.9. The number of benzene rings is 3. The molecule has 1 heterocycles. The highest BCUT2D eigenvalue weighted by Gasteiger charge is 2.20. The number of ether oxygens (including phenoxy) is 1. The lowest BCUT2D eigenvalue weighted by molar-refractivity contribution is -0.118. The molecule has 0 aliphatic carbocycles. The molecule has 4 rings (SSSR count). The molecule has 168 valence electrons. The highest BCUT2D eigenvalue weighted by atomic mass is 35.5. The molecule has 0 fully saturated rings. The molecule has 4 aromatic rings. The minimum Gasteiger partial charge on any atom is -0.476 e. The van der Waals surface area contributed by atoms with Gasteiger partial charge in [-0.05, 0) is 56.2 Å². The second kappa shape index (κ2) is 9.30. The zero-order chi connectivity index (χ0) is 23.7. The summed E-state index contributed by atoms with van der Waals surface area (Å²) in [6.07, 6.45) is 0. The molecule has 1 N–H and O–H groups in total. The number of fused-ring (bicyclic) bond motifs is 1. The Labute approximate surface area is 200 Å². The SMILES string of the molecule is Cc1ccc(-c2oc3c(C)cc(C)cc3c(=O)c2OCC(=O)Nc2ccc(Cl)c(Cl)c2)cc1. The molecular weight excluding hydrogens is 461 g/mol. The van der Waals surface area contributed by atoms with Gasteiger partial charge in [0.15, 0.2) is 12.4 Å². The number of anilines is 1. The van der Waals surface area contributed by atoms with E-state index < -0.39 is 5.91 Å². The Morgan fingerprint density at radius 2 is 1.67 bits per heavy atom. The summed E-state index contributed by atoms with van der Waals surface area (Å²) in [5, 5.41) is 3.79. The second-order valence-electron chi connectivity index (χ2n) is 7.88. The number of aryl methyl sites for hydroxylation is 3. The molecule has 7 heteroatoms. The van der Waals surface area contributed by atoms with Crippen LogP contribution in [-0.2, 0) is 4.79 Å². The van der Waals surface area contributed by atoms with Gasteiger partial charge in [-0.3, -0.25) is 9.59 Å². The van der Waals surface area contributed by atoms with Gasteiger partial charge in [0.1, 0.15) is 5.58 Å². The average Bonchev–Trinajstić information content (AvgIpc) is 2.76. The van der Waals surface area contributed by atoms with E-state index in [4.69, 9.17) is 32.4 Å². The van der Waals surface area contributed by atoms with Crippen molar-refractivity contribution in [3.63, 3.8) is 0 Å². The number of carbonyl (C=O) groups is 1. The molecule has 0 aliphatic heterocycles. The Balaban J connectivity index is 1.71. The largest absolute Gasteiger partial charge is 0.476 e. The molecule has 0 spiro atoms. The van der Waals surface area contributed by atoms with E-state index in [0.29, 0.717) is 32.3 Å². The predicted octanol–water partition coefficient (Wildman–Crippen LogP) is 6.71. The van der Waals surface area contributed by atoms with E-state index in [2.05, 4.69) is 5.32 Å². The van der Waals surface area contributed by atoms with Crippen LogP contribution in [0.3, 0.4) is 0 Å². The molecular formula is C26H21Cl2NO4. The van der Waals surface area contributed by atoms with Crippen molar-refractivity contribution in [3.05, 3.63) is 91.6 Å². The molecule has 1 aromatic heterocycles. The van der Waals surface area contributed by atoms with E-state index >= 15 is 0 Å². The van der Waals surface area contributed by atoms with Gasteiger partial charge in [-0.2, -0.15) is 0 Å². The highest BCUT2D eigenvalue weighted by molar-refractivity contribution is 6.42. The monoisotopic (exact) mass is 481 g/mol. The van der Waals surface area contributed by atoms with Crippen molar-refractivity contribution in [2.75, 3.05) is 11.9 Å². The third kappa shape index (κ3) is 4.90. The number of carbonyl (C=O) groups excluding carboxylic acids is 1. The topological polar surface area (TPSA) is 68.5 Å². The van der Waals surface area contributed by atoms with E-state index in [0.717, 1.165) is 16.7 Å². The molecule has 33 heavy (non-hydrogen) atoms. The number of halogens is 2. The number of rotatable bonds is 5. The van der Waals surface area contributed by atoms with Crippen LogP contribution < -0.4 is 15.5 Å². The molecule has 0 bridgehead atoms. The van der Waals surface area contributed by atoms with Gasteiger partial charge in [-0.1, -0.05) is 59.1 Å². The molecule has 0 atom stereocenters. The standard InChI is InChI=1S/C26H21Cl2NO4/c1-14-4-6-17(7-5-14)25-26(23(31)19-11-15(2)10-16(3)24(19)33-25)32-13-22(30)29-18-8-9-20(27)21(28)12-18/h4-12H,13H2,1-3H3,(H,29,30). The van der Waals surface area contributed by atoms with Gasteiger partial charge in [0, 0.05) is 11.3 Å². The fraction of sp³-hybridized carbons (Fsp3) is 0.154. The summed E-state index contributed by atoms with van der Waals surface area (Å²) in [7, 11) is 0. The lowest BCUT2D eigenvalue weighted by atomic mass is 10.0. The van der Waals surface area contributed by atoms with Crippen LogP contribution in [0.1, 0.15) is 16.7 Å². The van der Waals surface area contributed by atoms with Gasteiger partial charge in [0.05, 0.1) is 15.4 Å². The van der Waals surface area contributed by atoms with Crippen molar-refractivity contribution < 1.29 is 13.9 Å². The van der Waals surface area contributed by atoms with E-state index in [9.17, 15) is 9.59 Å². The van der Waals surface area contributed by atoms with Crippen LogP contribution in [-0.4, -0.2) is 12.5 Å². The van der Waals surface area contributed by atoms with Gasteiger partial charge in [-0.15, -0.1) is 0 Å². The molecule has 5 nitrogen and oxygen atoms in total. The lowest BCUT2D eigenvalue weighted by Gasteiger charge is -2.13. The third-order valence-electron chi connectivity index (χ3n) is 5.14. The maximum Gasteiger partial charge on any atom is 0.262 e. The molecule has 0 unspecified atom stereocenters. The summed E-state index contributed by atoms with van der Waals surface area (Å²) in [5.74, 6) is -0.189. The Morgan fingerprint density at radius 3 is 2.36 bits per heavy atom. The van der Waals surface area contributed by atoms with Gasteiger partial charge in [0.25, 0.3) is 5.91 Å². The van der Waals surface area contributed by atoms with Gasteiger partial charge in [-0.25, -0.2) is 0 Å². The first-order valence-corrected chi connectivity index (χ1v) is 11.0.